The van der Waals surface area contributed by atoms with Crippen LogP contribution in [0.25, 0.3) is 0 Å². The van der Waals surface area contributed by atoms with Crippen LogP contribution in [0.1, 0.15) is 36.0 Å². The van der Waals surface area contributed by atoms with Gasteiger partial charge >= 0.3 is 5.97 Å². The van der Waals surface area contributed by atoms with E-state index >= 15 is 0 Å². The molecule has 0 saturated heterocycles. The van der Waals surface area contributed by atoms with Crippen LogP contribution in [0.5, 0.6) is 0 Å². The number of carboxylic acids is 1. The largest absolute Gasteiger partial charge is 0.481 e. The molecule has 0 unspecified atom stereocenters. The number of fused-ring (bicyclic) bond motifs is 1. The number of rotatable bonds is 2. The molecule has 0 heterocycles. The van der Waals surface area contributed by atoms with E-state index < -0.39 is 5.97 Å². The molecule has 0 amide bonds. The van der Waals surface area contributed by atoms with Gasteiger partial charge in [-0.3, -0.25) is 4.79 Å². The van der Waals surface area contributed by atoms with Gasteiger partial charge < -0.3 is 5.11 Å². The second-order valence-electron chi connectivity index (χ2n) is 3.94. The van der Waals surface area contributed by atoms with E-state index in [9.17, 15) is 4.79 Å². The van der Waals surface area contributed by atoms with Gasteiger partial charge in [0.1, 0.15) is 0 Å². The van der Waals surface area contributed by atoms with Gasteiger partial charge in [0.15, 0.2) is 0 Å². The summed E-state index contributed by atoms with van der Waals surface area (Å²) in [7, 11) is 0. The molecule has 1 aromatic rings. The Bertz CT molecular complexity index is 369. The number of hydrogen-bond donors (Lipinski definition) is 1. The highest BCUT2D eigenvalue weighted by Crippen LogP contribution is 2.26. The zero-order valence-corrected chi connectivity index (χ0v) is 8.29. The van der Waals surface area contributed by atoms with E-state index in [1.807, 2.05) is 6.07 Å². The summed E-state index contributed by atoms with van der Waals surface area (Å²) in [5, 5.41) is 8.88. The summed E-state index contributed by atoms with van der Waals surface area (Å²) in [6.07, 6.45) is 3.47. The second kappa shape index (κ2) is 3.45. The number of carbonyl (C=O) groups is 1. The molecule has 1 aromatic carbocycles. The van der Waals surface area contributed by atoms with E-state index in [-0.39, 0.29) is 5.92 Å². The maximum atomic E-state index is 10.8. The Kier molecular flexibility index (Phi) is 2.28. The molecule has 14 heavy (non-hydrogen) atoms. The van der Waals surface area contributed by atoms with Gasteiger partial charge in [0.2, 0.25) is 0 Å². The first-order valence-corrected chi connectivity index (χ1v) is 5.03. The molecule has 2 rings (SSSR count). The molecule has 1 aliphatic rings. The molecule has 0 aromatic heterocycles. The van der Waals surface area contributed by atoms with Crippen molar-refractivity contribution in [2.24, 2.45) is 0 Å². The van der Waals surface area contributed by atoms with Gasteiger partial charge in [-0.05, 0) is 42.9 Å². The molecule has 1 N–H and O–H groups in total. The van der Waals surface area contributed by atoms with E-state index in [0.29, 0.717) is 0 Å². The number of carboxylic acid groups (broad SMARTS) is 1. The van der Waals surface area contributed by atoms with Crippen LogP contribution in [0.3, 0.4) is 0 Å². The molecule has 1 atom stereocenters. The van der Waals surface area contributed by atoms with Crippen LogP contribution in [0.2, 0.25) is 0 Å². The molecule has 2 nitrogen and oxygen atoms in total. The highest BCUT2D eigenvalue weighted by atomic mass is 16.4. The quantitative estimate of drug-likeness (QED) is 0.777. The monoisotopic (exact) mass is 190 g/mol. The van der Waals surface area contributed by atoms with E-state index in [1.165, 1.54) is 17.5 Å². The predicted octanol–water partition coefficient (Wildman–Crippen LogP) is 2.36. The molecule has 0 aliphatic heterocycles. The van der Waals surface area contributed by atoms with E-state index in [2.05, 4.69) is 12.1 Å². The Morgan fingerprint density at radius 1 is 1.36 bits per heavy atom. The SMILES string of the molecule is C[C@H](C(=O)O)c1ccc2c(c1)CCC2. The fourth-order valence-electron chi connectivity index (χ4n) is 2.00. The lowest BCUT2D eigenvalue weighted by atomic mass is 9.97. The lowest BCUT2D eigenvalue weighted by Gasteiger charge is -2.08. The van der Waals surface area contributed by atoms with Crippen LogP contribution in [0, 0.1) is 0 Å². The average Bonchev–Trinajstić information content (AvgIpc) is 2.62. The van der Waals surface area contributed by atoms with Gasteiger partial charge in [-0.1, -0.05) is 18.2 Å². The number of hydrogen-bond acceptors (Lipinski definition) is 1. The van der Waals surface area contributed by atoms with Crippen molar-refractivity contribution in [3.63, 3.8) is 0 Å². The molecule has 0 radical (unpaired) electrons. The Morgan fingerprint density at radius 2 is 2.07 bits per heavy atom. The summed E-state index contributed by atoms with van der Waals surface area (Å²) in [4.78, 5) is 10.8. The maximum Gasteiger partial charge on any atom is 0.310 e. The van der Waals surface area contributed by atoms with Gasteiger partial charge in [-0.2, -0.15) is 0 Å². The molecule has 0 spiro atoms. The van der Waals surface area contributed by atoms with Crippen LogP contribution in [-0.4, -0.2) is 11.1 Å². The van der Waals surface area contributed by atoms with Crippen LogP contribution >= 0.6 is 0 Å². The summed E-state index contributed by atoms with van der Waals surface area (Å²) in [5.74, 6) is -1.14. The zero-order chi connectivity index (χ0) is 10.1. The van der Waals surface area contributed by atoms with Crippen molar-refractivity contribution >= 4 is 5.97 Å². The summed E-state index contributed by atoms with van der Waals surface area (Å²) in [6.45, 7) is 1.74. The van der Waals surface area contributed by atoms with Gasteiger partial charge in [-0.15, -0.1) is 0 Å². The third-order valence-corrected chi connectivity index (χ3v) is 2.99. The van der Waals surface area contributed by atoms with Crippen molar-refractivity contribution in [1.29, 1.82) is 0 Å². The number of aliphatic carboxylic acids is 1. The van der Waals surface area contributed by atoms with Crippen LogP contribution in [0.4, 0.5) is 0 Å². The van der Waals surface area contributed by atoms with E-state index in [1.54, 1.807) is 6.92 Å². The highest BCUT2D eigenvalue weighted by Gasteiger charge is 2.17. The van der Waals surface area contributed by atoms with Crippen molar-refractivity contribution < 1.29 is 9.90 Å². The fourth-order valence-corrected chi connectivity index (χ4v) is 2.00. The molecular formula is C12H14O2. The number of aryl methyl sites for hydroxylation is 2. The van der Waals surface area contributed by atoms with Gasteiger partial charge in [-0.25, -0.2) is 0 Å². The highest BCUT2D eigenvalue weighted by molar-refractivity contribution is 5.75. The first-order valence-electron chi connectivity index (χ1n) is 5.03. The second-order valence-corrected chi connectivity index (χ2v) is 3.94. The Balaban J connectivity index is 2.33. The minimum absolute atomic E-state index is 0.388. The first kappa shape index (κ1) is 9.25. The van der Waals surface area contributed by atoms with Crippen LogP contribution in [-0.2, 0) is 17.6 Å². The molecule has 2 heteroatoms. The fraction of sp³-hybridized carbons (Fsp3) is 0.417. The lowest BCUT2D eigenvalue weighted by molar-refractivity contribution is -0.138. The van der Waals surface area contributed by atoms with Crippen molar-refractivity contribution in [3.8, 4) is 0 Å². The minimum Gasteiger partial charge on any atom is -0.481 e. The van der Waals surface area contributed by atoms with Gasteiger partial charge in [0.05, 0.1) is 5.92 Å². The Hall–Kier alpha value is -1.31. The van der Waals surface area contributed by atoms with Crippen LogP contribution < -0.4 is 0 Å². The summed E-state index contributed by atoms with van der Waals surface area (Å²) < 4.78 is 0. The summed E-state index contributed by atoms with van der Waals surface area (Å²) >= 11 is 0. The molecule has 74 valence electrons. The summed E-state index contributed by atoms with van der Waals surface area (Å²) in [5.41, 5.74) is 3.67. The van der Waals surface area contributed by atoms with Gasteiger partial charge in [0, 0.05) is 0 Å². The topological polar surface area (TPSA) is 37.3 Å². The zero-order valence-electron chi connectivity index (χ0n) is 8.29. The smallest absolute Gasteiger partial charge is 0.310 e. The van der Waals surface area contributed by atoms with Crippen molar-refractivity contribution in [3.05, 3.63) is 34.9 Å². The third kappa shape index (κ3) is 1.52. The molecule has 0 bridgehead atoms. The van der Waals surface area contributed by atoms with Crippen molar-refractivity contribution in [1.82, 2.24) is 0 Å². The predicted molar refractivity (Wildman–Crippen MR) is 54.5 cm³/mol. The lowest BCUT2D eigenvalue weighted by Crippen LogP contribution is -2.07. The standard InChI is InChI=1S/C12H14O2/c1-8(12(13)14)10-6-5-9-3-2-4-11(9)7-10/h5-8H,2-4H2,1H3,(H,13,14)/t8-/m0/s1. The Morgan fingerprint density at radius 3 is 2.79 bits per heavy atom. The minimum atomic E-state index is -0.747. The molecule has 1 aliphatic carbocycles. The Labute approximate surface area is 83.6 Å². The normalized spacial score (nSPS) is 16.4. The van der Waals surface area contributed by atoms with Gasteiger partial charge in [0.25, 0.3) is 0 Å². The van der Waals surface area contributed by atoms with Crippen molar-refractivity contribution in [2.75, 3.05) is 0 Å². The average molecular weight is 190 g/mol. The van der Waals surface area contributed by atoms with E-state index in [4.69, 9.17) is 5.11 Å². The molecular weight excluding hydrogens is 176 g/mol. The van der Waals surface area contributed by atoms with Crippen molar-refractivity contribution in [2.45, 2.75) is 32.1 Å². The number of benzene rings is 1. The summed E-state index contributed by atoms with van der Waals surface area (Å²) in [6, 6.07) is 6.08. The molecule has 0 saturated carbocycles. The third-order valence-electron chi connectivity index (χ3n) is 2.99. The van der Waals surface area contributed by atoms with Crippen LogP contribution in [0.15, 0.2) is 18.2 Å². The molecule has 0 fully saturated rings. The maximum absolute atomic E-state index is 10.8. The first-order chi connectivity index (χ1) is 6.68. The van der Waals surface area contributed by atoms with E-state index in [0.717, 1.165) is 18.4 Å².